The van der Waals surface area contributed by atoms with Crippen molar-refractivity contribution in [1.29, 1.82) is 0 Å². The molecule has 94 valence electrons. The van der Waals surface area contributed by atoms with E-state index in [-0.39, 0.29) is 0 Å². The van der Waals surface area contributed by atoms with Gasteiger partial charge in [-0.2, -0.15) is 0 Å². The molecule has 0 aliphatic carbocycles. The minimum Gasteiger partial charge on any atom is -0.397 e. The first kappa shape index (κ1) is 15.5. The molecular formula is C11H23NO3Si. The molecule has 0 amide bonds. The second kappa shape index (κ2) is 11.0. The van der Waals surface area contributed by atoms with Gasteiger partial charge < -0.3 is 8.85 Å². The van der Waals surface area contributed by atoms with Crippen molar-refractivity contribution in [2.75, 3.05) is 19.8 Å². The molecule has 0 bridgehead atoms. The van der Waals surface area contributed by atoms with Gasteiger partial charge >= 0.3 is 9.28 Å². The zero-order valence-corrected chi connectivity index (χ0v) is 11.7. The van der Waals surface area contributed by atoms with Crippen LogP contribution in [-0.2, 0) is 13.6 Å². The molecule has 0 spiro atoms. The van der Waals surface area contributed by atoms with E-state index in [1.807, 2.05) is 13.8 Å². The maximum Gasteiger partial charge on any atom is 0.324 e. The van der Waals surface area contributed by atoms with Crippen molar-refractivity contribution >= 4 is 15.4 Å². The number of hydrogen-bond donors (Lipinski definition) is 0. The van der Waals surface area contributed by atoms with Crippen LogP contribution in [0.15, 0.2) is 4.99 Å². The number of unbranched alkanes of at least 4 members (excludes halogenated alkanes) is 1. The van der Waals surface area contributed by atoms with Crippen LogP contribution in [0.4, 0.5) is 0 Å². The van der Waals surface area contributed by atoms with E-state index in [1.165, 1.54) is 0 Å². The van der Waals surface area contributed by atoms with Crippen molar-refractivity contribution in [2.45, 2.75) is 45.6 Å². The van der Waals surface area contributed by atoms with E-state index in [4.69, 9.17) is 8.85 Å². The van der Waals surface area contributed by atoms with Crippen molar-refractivity contribution < 1.29 is 13.6 Å². The number of aliphatic imine (C=N–C) groups is 1. The molecule has 0 N–H and O–H groups in total. The highest BCUT2D eigenvalue weighted by atomic mass is 28.3. The number of rotatable bonds is 10. The van der Waals surface area contributed by atoms with Crippen molar-refractivity contribution in [3.05, 3.63) is 0 Å². The Morgan fingerprint density at radius 1 is 1.25 bits per heavy atom. The molecule has 0 rings (SSSR count). The van der Waals surface area contributed by atoms with Gasteiger partial charge in [0.05, 0.1) is 6.54 Å². The average Bonchev–Trinajstić information content (AvgIpc) is 2.28. The van der Waals surface area contributed by atoms with Gasteiger partial charge in [-0.25, -0.2) is 9.79 Å². The number of nitrogens with zero attached hydrogens (tertiary/aromatic N) is 1. The van der Waals surface area contributed by atoms with E-state index in [9.17, 15) is 4.79 Å². The number of carbonyl (C=O) groups excluding carboxylic acids is 1. The molecule has 0 fully saturated rings. The fourth-order valence-corrected chi connectivity index (χ4v) is 3.46. The van der Waals surface area contributed by atoms with Crippen LogP contribution >= 0.6 is 0 Å². The first-order valence-electron chi connectivity index (χ1n) is 6.03. The van der Waals surface area contributed by atoms with Crippen molar-refractivity contribution in [3.63, 3.8) is 0 Å². The Morgan fingerprint density at radius 3 is 2.38 bits per heavy atom. The van der Waals surface area contributed by atoms with Gasteiger partial charge in [0.15, 0.2) is 0 Å². The third kappa shape index (κ3) is 7.76. The summed E-state index contributed by atoms with van der Waals surface area (Å²) in [5.74, 6) is 0. The van der Waals surface area contributed by atoms with Gasteiger partial charge in [-0.15, -0.1) is 0 Å². The molecule has 0 heterocycles. The molecule has 0 saturated heterocycles. The molecule has 1 atom stereocenters. The zero-order chi connectivity index (χ0) is 12.2. The van der Waals surface area contributed by atoms with Crippen LogP contribution in [0, 0.1) is 0 Å². The van der Waals surface area contributed by atoms with Crippen molar-refractivity contribution in [2.24, 2.45) is 4.99 Å². The van der Waals surface area contributed by atoms with Crippen molar-refractivity contribution in [3.8, 4) is 0 Å². The molecule has 0 radical (unpaired) electrons. The first-order chi connectivity index (χ1) is 7.76. The van der Waals surface area contributed by atoms with Crippen molar-refractivity contribution in [1.82, 2.24) is 0 Å². The summed E-state index contributed by atoms with van der Waals surface area (Å²) in [7, 11) is -1.49. The van der Waals surface area contributed by atoms with E-state index in [2.05, 4.69) is 11.9 Å². The number of isocyanates is 1. The normalized spacial score (nSPS) is 12.5. The lowest BCUT2D eigenvalue weighted by Gasteiger charge is -2.21. The Kier molecular flexibility index (Phi) is 10.7. The Morgan fingerprint density at radius 2 is 1.88 bits per heavy atom. The standard InChI is InChI=1S/C11H23NO3Si/c1-4-14-16(15-5-2)11(3)8-6-7-9-12-10-13/h11,16H,4-9H2,1-3H3. The molecule has 16 heavy (non-hydrogen) atoms. The lowest BCUT2D eigenvalue weighted by atomic mass is 10.2. The summed E-state index contributed by atoms with van der Waals surface area (Å²) in [5, 5.41) is 0. The highest BCUT2D eigenvalue weighted by Gasteiger charge is 2.20. The van der Waals surface area contributed by atoms with Crippen LogP contribution < -0.4 is 0 Å². The monoisotopic (exact) mass is 245 g/mol. The SMILES string of the molecule is CCO[SiH](OCC)C(C)CCCCN=C=O. The highest BCUT2D eigenvalue weighted by Crippen LogP contribution is 2.19. The first-order valence-corrected chi connectivity index (χ1v) is 7.64. The van der Waals surface area contributed by atoms with E-state index in [0.29, 0.717) is 12.1 Å². The molecule has 0 aromatic heterocycles. The summed E-state index contributed by atoms with van der Waals surface area (Å²) in [5.41, 5.74) is 0.514. The average molecular weight is 245 g/mol. The molecule has 4 nitrogen and oxygen atoms in total. The predicted octanol–water partition coefficient (Wildman–Crippen LogP) is 2.18. The van der Waals surface area contributed by atoms with Gasteiger partial charge in [-0.05, 0) is 32.2 Å². The van der Waals surface area contributed by atoms with Gasteiger partial charge in [-0.3, -0.25) is 0 Å². The summed E-state index contributed by atoms with van der Waals surface area (Å²) in [4.78, 5) is 13.4. The summed E-state index contributed by atoms with van der Waals surface area (Å²) in [6, 6.07) is 0. The van der Waals surface area contributed by atoms with Gasteiger partial charge in [0, 0.05) is 13.2 Å². The fraction of sp³-hybridized carbons (Fsp3) is 0.909. The molecule has 0 saturated carbocycles. The van der Waals surface area contributed by atoms with Gasteiger partial charge in [0.25, 0.3) is 0 Å². The lowest BCUT2D eigenvalue weighted by molar-refractivity contribution is 0.203. The largest absolute Gasteiger partial charge is 0.397 e. The molecule has 1 unspecified atom stereocenters. The van der Waals surface area contributed by atoms with Crippen LogP contribution in [0.5, 0.6) is 0 Å². The Hall–Kier alpha value is -0.483. The summed E-state index contributed by atoms with van der Waals surface area (Å²) in [6.07, 6.45) is 4.65. The van der Waals surface area contributed by atoms with E-state index in [1.54, 1.807) is 6.08 Å². The minimum absolute atomic E-state index is 0.514. The van der Waals surface area contributed by atoms with Crippen LogP contribution in [0.1, 0.15) is 40.0 Å². The van der Waals surface area contributed by atoms with Gasteiger partial charge in [0.1, 0.15) is 0 Å². The lowest BCUT2D eigenvalue weighted by Crippen LogP contribution is -2.27. The molecular weight excluding hydrogens is 222 g/mol. The maximum atomic E-state index is 9.86. The van der Waals surface area contributed by atoms with Gasteiger partial charge in [0.2, 0.25) is 6.08 Å². The molecule has 5 heteroatoms. The Bertz CT molecular complexity index is 201. The van der Waals surface area contributed by atoms with E-state index in [0.717, 1.165) is 32.5 Å². The Labute approximate surface area is 99.9 Å². The van der Waals surface area contributed by atoms with E-state index >= 15 is 0 Å². The quantitative estimate of drug-likeness (QED) is 0.256. The summed E-state index contributed by atoms with van der Waals surface area (Å²) in [6.45, 7) is 8.25. The Balaban J connectivity index is 3.72. The smallest absolute Gasteiger partial charge is 0.324 e. The second-order valence-corrected chi connectivity index (χ2v) is 6.27. The van der Waals surface area contributed by atoms with Crippen LogP contribution in [0.3, 0.4) is 0 Å². The molecule has 0 aliphatic heterocycles. The van der Waals surface area contributed by atoms with Gasteiger partial charge in [-0.1, -0.05) is 13.3 Å². The minimum atomic E-state index is -1.49. The molecule has 0 aromatic carbocycles. The van der Waals surface area contributed by atoms with Crippen LogP contribution in [0.25, 0.3) is 0 Å². The fourth-order valence-electron chi connectivity index (χ4n) is 1.54. The maximum absolute atomic E-state index is 9.86. The van der Waals surface area contributed by atoms with Crippen LogP contribution in [0.2, 0.25) is 5.54 Å². The van der Waals surface area contributed by atoms with Crippen LogP contribution in [-0.4, -0.2) is 35.1 Å². The number of hydrogen-bond acceptors (Lipinski definition) is 4. The highest BCUT2D eigenvalue weighted by molar-refractivity contribution is 6.46. The molecule has 0 aliphatic rings. The second-order valence-electron chi connectivity index (χ2n) is 3.73. The van der Waals surface area contributed by atoms with E-state index < -0.39 is 9.28 Å². The topological polar surface area (TPSA) is 47.9 Å². The third-order valence-corrected chi connectivity index (χ3v) is 4.96. The summed E-state index contributed by atoms with van der Waals surface area (Å²) < 4.78 is 11.3. The zero-order valence-electron chi connectivity index (χ0n) is 10.6. The summed E-state index contributed by atoms with van der Waals surface area (Å²) >= 11 is 0. The predicted molar refractivity (Wildman–Crippen MR) is 66.7 cm³/mol. The molecule has 0 aromatic rings. The third-order valence-electron chi connectivity index (χ3n) is 2.37.